The van der Waals surface area contributed by atoms with Gasteiger partial charge in [-0.1, -0.05) is 6.92 Å². The number of nitrogens with zero attached hydrogens (tertiary/aromatic N) is 1. The van der Waals surface area contributed by atoms with Crippen LogP contribution in [0.2, 0.25) is 0 Å². The molecule has 7 atom stereocenters. The topological polar surface area (TPSA) is 174 Å². The lowest BCUT2D eigenvalue weighted by atomic mass is 9.82. The Morgan fingerprint density at radius 3 is 2.45 bits per heavy atom. The number of rotatable bonds is 5. The summed E-state index contributed by atoms with van der Waals surface area (Å²) in [7, 11) is 0. The van der Waals surface area contributed by atoms with Crippen LogP contribution in [0.25, 0.3) is 0 Å². The SMILES string of the molecule is CC1C(N=C(N)N)C(F)C(F)(C(=O)[O-])OC1[C@H](O)[C@H](O)CO. The highest BCUT2D eigenvalue weighted by Gasteiger charge is 2.58. The summed E-state index contributed by atoms with van der Waals surface area (Å²) in [6.45, 7) is 0.348. The minimum absolute atomic E-state index is 0.627. The van der Waals surface area contributed by atoms with E-state index in [1.165, 1.54) is 6.92 Å². The van der Waals surface area contributed by atoms with Gasteiger partial charge >= 0.3 is 0 Å². The highest BCUT2D eigenvalue weighted by atomic mass is 19.2. The zero-order valence-electron chi connectivity index (χ0n) is 11.6. The largest absolute Gasteiger partial charge is 0.544 e. The van der Waals surface area contributed by atoms with Gasteiger partial charge in [0.2, 0.25) is 0 Å². The van der Waals surface area contributed by atoms with Gasteiger partial charge < -0.3 is 41.4 Å². The number of halogens is 2. The van der Waals surface area contributed by atoms with Crippen molar-refractivity contribution in [2.75, 3.05) is 6.61 Å². The van der Waals surface area contributed by atoms with Gasteiger partial charge in [-0.25, -0.2) is 13.8 Å². The van der Waals surface area contributed by atoms with Gasteiger partial charge in [0.15, 0.2) is 12.1 Å². The molecule has 0 aromatic rings. The molecule has 11 heteroatoms. The summed E-state index contributed by atoms with van der Waals surface area (Å²) in [5.41, 5.74) is 10.2. The van der Waals surface area contributed by atoms with Crippen molar-refractivity contribution in [2.24, 2.45) is 22.4 Å². The van der Waals surface area contributed by atoms with Crippen molar-refractivity contribution in [2.45, 2.75) is 43.3 Å². The summed E-state index contributed by atoms with van der Waals surface area (Å²) >= 11 is 0. The minimum atomic E-state index is -3.92. The van der Waals surface area contributed by atoms with Crippen LogP contribution in [0.3, 0.4) is 0 Å². The lowest BCUT2D eigenvalue weighted by molar-refractivity contribution is -0.366. The molecular formula is C11H18F2N3O6-. The van der Waals surface area contributed by atoms with Gasteiger partial charge in [0, 0.05) is 5.92 Å². The zero-order valence-corrected chi connectivity index (χ0v) is 11.6. The summed E-state index contributed by atoms with van der Waals surface area (Å²) in [4.78, 5) is 14.3. The van der Waals surface area contributed by atoms with Crippen molar-refractivity contribution in [1.29, 1.82) is 0 Å². The van der Waals surface area contributed by atoms with Crippen LogP contribution in [-0.4, -0.2) is 70.2 Å². The highest BCUT2D eigenvalue weighted by molar-refractivity contribution is 5.77. The molecule has 22 heavy (non-hydrogen) atoms. The molecule has 0 saturated carbocycles. The van der Waals surface area contributed by atoms with E-state index in [0.29, 0.717) is 0 Å². The van der Waals surface area contributed by atoms with E-state index in [4.69, 9.17) is 16.6 Å². The van der Waals surface area contributed by atoms with Crippen LogP contribution < -0.4 is 16.6 Å². The van der Waals surface area contributed by atoms with Gasteiger partial charge in [-0.2, -0.15) is 0 Å². The van der Waals surface area contributed by atoms with Gasteiger partial charge in [0.1, 0.15) is 18.2 Å². The molecule has 0 radical (unpaired) electrons. The fourth-order valence-corrected chi connectivity index (χ4v) is 2.27. The normalized spacial score (nSPS) is 38.1. The van der Waals surface area contributed by atoms with Crippen LogP contribution in [0.15, 0.2) is 4.99 Å². The van der Waals surface area contributed by atoms with Crippen LogP contribution in [0, 0.1) is 5.92 Å². The summed E-state index contributed by atoms with van der Waals surface area (Å²) in [5.74, 6) is -8.18. The number of aliphatic imine (C=N–C) groups is 1. The van der Waals surface area contributed by atoms with Crippen LogP contribution in [-0.2, 0) is 9.53 Å². The number of alkyl halides is 2. The highest BCUT2D eigenvalue weighted by Crippen LogP contribution is 2.39. The number of hydrogen-bond acceptors (Lipinski definition) is 7. The average molecular weight is 326 g/mol. The molecule has 1 fully saturated rings. The molecule has 7 N–H and O–H groups in total. The fourth-order valence-electron chi connectivity index (χ4n) is 2.27. The number of aliphatic hydroxyl groups is 3. The molecular weight excluding hydrogens is 308 g/mol. The summed E-state index contributed by atoms with van der Waals surface area (Å²) < 4.78 is 32.9. The number of carbonyl (C=O) groups is 1. The summed E-state index contributed by atoms with van der Waals surface area (Å²) in [6.07, 6.45) is -8.18. The molecule has 5 unspecified atom stereocenters. The van der Waals surface area contributed by atoms with Crippen LogP contribution >= 0.6 is 0 Å². The number of hydrogen-bond donors (Lipinski definition) is 5. The average Bonchev–Trinajstić information content (AvgIpc) is 2.45. The molecule has 0 aromatic heterocycles. The molecule has 1 aliphatic rings. The molecule has 0 aliphatic carbocycles. The quantitative estimate of drug-likeness (QED) is 0.252. The Balaban J connectivity index is 3.25. The molecule has 0 aromatic carbocycles. The first-order chi connectivity index (χ1) is 10.1. The molecule has 128 valence electrons. The number of carbonyl (C=O) groups excluding carboxylic acids is 1. The maximum absolute atomic E-state index is 14.3. The number of aliphatic carboxylic acids is 1. The number of carboxylic acids is 1. The van der Waals surface area contributed by atoms with E-state index in [2.05, 4.69) is 9.73 Å². The summed E-state index contributed by atoms with van der Waals surface area (Å²) in [6, 6.07) is -1.70. The van der Waals surface area contributed by atoms with Gasteiger partial charge in [-0.05, 0) is 0 Å². The van der Waals surface area contributed by atoms with Crippen molar-refractivity contribution >= 4 is 11.9 Å². The van der Waals surface area contributed by atoms with Crippen molar-refractivity contribution in [3.8, 4) is 0 Å². The van der Waals surface area contributed by atoms with Crippen LogP contribution in [0.5, 0.6) is 0 Å². The first kappa shape index (κ1) is 18.5. The predicted molar refractivity (Wildman–Crippen MR) is 66.5 cm³/mol. The van der Waals surface area contributed by atoms with Crippen molar-refractivity contribution in [3.63, 3.8) is 0 Å². The smallest absolute Gasteiger partial charge is 0.283 e. The molecule has 1 aliphatic heterocycles. The minimum Gasteiger partial charge on any atom is -0.544 e. The van der Waals surface area contributed by atoms with E-state index in [9.17, 15) is 28.9 Å². The second kappa shape index (κ2) is 6.69. The number of nitrogens with two attached hydrogens (primary N) is 2. The maximum atomic E-state index is 14.3. The third-order valence-corrected chi connectivity index (χ3v) is 3.51. The molecule has 1 saturated heterocycles. The number of ether oxygens (including phenoxy) is 1. The molecule has 0 spiro atoms. The molecule has 1 heterocycles. The van der Waals surface area contributed by atoms with E-state index in [1.54, 1.807) is 0 Å². The standard InChI is InChI=1S/C11H19F2N3O6/c1-3-5(16-10(14)15)8(12)11(13,9(20)21)22-7(3)6(19)4(18)2-17/h3-8,17-19H,2H2,1H3,(H,20,21)(H4,14,15,16)/p-1/t3?,4-,5?,6-,7?,8?,11?/m1/s1. The molecule has 0 amide bonds. The molecule has 9 nitrogen and oxygen atoms in total. The Labute approximate surface area is 124 Å². The second-order valence-electron chi connectivity index (χ2n) is 5.06. The second-order valence-corrected chi connectivity index (χ2v) is 5.06. The van der Waals surface area contributed by atoms with Crippen LogP contribution in [0.1, 0.15) is 6.92 Å². The fraction of sp³-hybridized carbons (Fsp3) is 0.818. The Morgan fingerprint density at radius 2 is 2.05 bits per heavy atom. The third-order valence-electron chi connectivity index (χ3n) is 3.51. The number of guanidine groups is 1. The predicted octanol–water partition coefficient (Wildman–Crippen LogP) is -3.87. The van der Waals surface area contributed by atoms with Crippen molar-refractivity contribution < 1.29 is 38.7 Å². The van der Waals surface area contributed by atoms with E-state index in [0.717, 1.165) is 0 Å². The summed E-state index contributed by atoms with van der Waals surface area (Å²) in [5, 5.41) is 38.9. The lowest BCUT2D eigenvalue weighted by Gasteiger charge is -2.46. The maximum Gasteiger partial charge on any atom is 0.283 e. The van der Waals surface area contributed by atoms with Gasteiger partial charge in [-0.3, -0.25) is 0 Å². The Kier molecular flexibility index (Phi) is 5.62. The zero-order chi connectivity index (χ0) is 17.2. The number of aliphatic hydroxyl groups excluding tert-OH is 3. The van der Waals surface area contributed by atoms with E-state index in [1.807, 2.05) is 0 Å². The van der Waals surface area contributed by atoms with Gasteiger partial charge in [0.25, 0.3) is 5.85 Å². The van der Waals surface area contributed by atoms with E-state index in [-0.39, 0.29) is 0 Å². The van der Waals surface area contributed by atoms with Gasteiger partial charge in [0.05, 0.1) is 18.8 Å². The van der Waals surface area contributed by atoms with Crippen LogP contribution in [0.4, 0.5) is 8.78 Å². The first-order valence-electron chi connectivity index (χ1n) is 6.34. The van der Waals surface area contributed by atoms with E-state index < -0.39 is 60.8 Å². The monoisotopic (exact) mass is 326 g/mol. The number of carboxylic acid groups (broad SMARTS) is 1. The molecule has 1 rings (SSSR count). The van der Waals surface area contributed by atoms with Gasteiger partial charge in [-0.15, -0.1) is 0 Å². The third kappa shape index (κ3) is 3.27. The Morgan fingerprint density at radius 1 is 1.50 bits per heavy atom. The Hall–Kier alpha value is -1.56. The first-order valence-corrected chi connectivity index (χ1v) is 6.34. The van der Waals surface area contributed by atoms with Crippen molar-refractivity contribution in [1.82, 2.24) is 0 Å². The van der Waals surface area contributed by atoms with Crippen molar-refractivity contribution in [3.05, 3.63) is 0 Å². The lowest BCUT2D eigenvalue weighted by Crippen LogP contribution is -2.67. The van der Waals surface area contributed by atoms with E-state index >= 15 is 0 Å². The Bertz CT molecular complexity index is 450. The molecule has 0 bridgehead atoms.